The van der Waals surface area contributed by atoms with Gasteiger partial charge in [0.25, 0.3) is 5.92 Å². The van der Waals surface area contributed by atoms with Crippen molar-refractivity contribution in [3.63, 3.8) is 0 Å². The number of aromatic nitrogens is 2. The Labute approximate surface area is 216 Å². The third-order valence-corrected chi connectivity index (χ3v) is 4.26. The molecule has 1 aliphatic carbocycles. The van der Waals surface area contributed by atoms with Crippen LogP contribution in [0.15, 0.2) is 42.9 Å². The standard InChI is InChI=1S/C16H14F2N4.C4H5N.CH3O.K/c1-16(17,18)13-2-3-21-7-11(13)9-4-10-6-15(20)22-8-12(10)14(19)5-9;5-3-4-1-2-4;1-2;/h2-8H,19H2,1H3,(H2,20,22);4H,1-2H2;1H3;/q;;-1;+1. The van der Waals surface area contributed by atoms with E-state index in [1.54, 1.807) is 24.4 Å². The number of halogens is 2. The molecule has 1 fully saturated rings. The summed E-state index contributed by atoms with van der Waals surface area (Å²) in [4.78, 5) is 7.94. The SMILES string of the molecule is CC(F)(F)c1ccncc1-c1cc(N)c2cnc(N)cc2c1.C[O-].N#CC1CC1.[K+]. The van der Waals surface area contributed by atoms with Crippen molar-refractivity contribution >= 4 is 22.3 Å². The molecular formula is C21H22F2KN5O. The summed E-state index contributed by atoms with van der Waals surface area (Å²) in [6.45, 7) is 0.859. The molecule has 6 nitrogen and oxygen atoms in total. The van der Waals surface area contributed by atoms with Gasteiger partial charge in [-0.2, -0.15) is 12.4 Å². The van der Waals surface area contributed by atoms with Gasteiger partial charge in [-0.1, -0.05) is 0 Å². The van der Waals surface area contributed by atoms with Gasteiger partial charge in [0.1, 0.15) is 5.82 Å². The van der Waals surface area contributed by atoms with E-state index in [-0.39, 0.29) is 56.9 Å². The molecule has 9 heteroatoms. The number of pyridine rings is 2. The number of fused-ring (bicyclic) bond motifs is 1. The third kappa shape index (κ3) is 6.94. The number of hydrogen-bond donors (Lipinski definition) is 2. The van der Waals surface area contributed by atoms with E-state index < -0.39 is 5.92 Å². The van der Waals surface area contributed by atoms with Gasteiger partial charge in [-0.05, 0) is 48.1 Å². The fourth-order valence-electron chi connectivity index (χ4n) is 2.68. The minimum atomic E-state index is -2.97. The Morgan fingerprint density at radius 3 is 2.37 bits per heavy atom. The van der Waals surface area contributed by atoms with E-state index in [1.165, 1.54) is 18.5 Å². The van der Waals surface area contributed by atoms with Crippen LogP contribution in [0.3, 0.4) is 0 Å². The van der Waals surface area contributed by atoms with Gasteiger partial charge in [-0.25, -0.2) is 13.8 Å². The van der Waals surface area contributed by atoms with Crippen LogP contribution in [0.2, 0.25) is 0 Å². The van der Waals surface area contributed by atoms with Crippen molar-refractivity contribution in [1.82, 2.24) is 9.97 Å². The molecule has 0 amide bonds. The van der Waals surface area contributed by atoms with Crippen LogP contribution >= 0.6 is 0 Å². The van der Waals surface area contributed by atoms with Gasteiger partial charge in [0.05, 0.1) is 6.07 Å². The Bertz CT molecular complexity index is 1030. The van der Waals surface area contributed by atoms with Crippen LogP contribution in [0.25, 0.3) is 21.9 Å². The average molecular weight is 438 g/mol. The van der Waals surface area contributed by atoms with Crippen molar-refractivity contribution in [1.29, 1.82) is 5.26 Å². The van der Waals surface area contributed by atoms with Crippen LogP contribution in [0, 0.1) is 17.2 Å². The molecule has 3 aromatic rings. The smallest absolute Gasteiger partial charge is 0.857 e. The van der Waals surface area contributed by atoms with E-state index in [0.29, 0.717) is 28.6 Å². The summed E-state index contributed by atoms with van der Waals surface area (Å²) < 4.78 is 27.6. The number of alkyl halides is 2. The van der Waals surface area contributed by atoms with Gasteiger partial charge in [0.15, 0.2) is 0 Å². The summed E-state index contributed by atoms with van der Waals surface area (Å²) in [5.74, 6) is -2.19. The molecule has 0 unspecified atom stereocenters. The van der Waals surface area contributed by atoms with Gasteiger partial charge in [-0.15, -0.1) is 0 Å². The number of nitrogens with two attached hydrogens (primary N) is 2. The molecule has 0 bridgehead atoms. The largest absolute Gasteiger partial charge is 1.00 e. The summed E-state index contributed by atoms with van der Waals surface area (Å²) in [5, 5.41) is 17.7. The van der Waals surface area contributed by atoms with Crippen molar-refractivity contribution < 1.29 is 65.3 Å². The Morgan fingerprint density at radius 1 is 1.17 bits per heavy atom. The van der Waals surface area contributed by atoms with E-state index in [1.807, 2.05) is 0 Å². The Kier molecular flexibility index (Phi) is 10.2. The van der Waals surface area contributed by atoms with Crippen LogP contribution in [0.4, 0.5) is 20.3 Å². The molecular weight excluding hydrogens is 415 g/mol. The topological polar surface area (TPSA) is 125 Å². The quantitative estimate of drug-likeness (QED) is 0.444. The first-order chi connectivity index (χ1) is 13.8. The molecule has 0 aliphatic heterocycles. The van der Waals surface area contributed by atoms with E-state index in [2.05, 4.69) is 16.0 Å². The number of nitrogen functional groups attached to an aromatic ring is 2. The fraction of sp³-hybridized carbons (Fsp3) is 0.286. The second-order valence-electron chi connectivity index (χ2n) is 6.61. The summed E-state index contributed by atoms with van der Waals surface area (Å²) >= 11 is 0. The Hall–Kier alpha value is -1.67. The predicted molar refractivity (Wildman–Crippen MR) is 108 cm³/mol. The maximum absolute atomic E-state index is 13.8. The molecule has 0 radical (unpaired) electrons. The first kappa shape index (κ1) is 26.4. The summed E-state index contributed by atoms with van der Waals surface area (Å²) in [5.41, 5.74) is 13.0. The van der Waals surface area contributed by atoms with Gasteiger partial charge in [-0.3, -0.25) is 4.98 Å². The van der Waals surface area contributed by atoms with Crippen LogP contribution < -0.4 is 68.0 Å². The minimum absolute atomic E-state index is 0. The van der Waals surface area contributed by atoms with Crippen LogP contribution in [-0.2, 0) is 5.92 Å². The van der Waals surface area contributed by atoms with Crippen molar-refractivity contribution in [3.05, 3.63) is 48.4 Å². The zero-order valence-electron chi connectivity index (χ0n) is 17.2. The summed E-state index contributed by atoms with van der Waals surface area (Å²) in [7, 11) is 0.750. The molecule has 1 aliphatic rings. The Morgan fingerprint density at radius 2 is 1.83 bits per heavy atom. The van der Waals surface area contributed by atoms with E-state index in [0.717, 1.165) is 37.6 Å². The molecule has 0 atom stereocenters. The van der Waals surface area contributed by atoms with Gasteiger partial charge < -0.3 is 16.6 Å². The molecule has 2 heterocycles. The Balaban J connectivity index is 0.000000485. The van der Waals surface area contributed by atoms with E-state index in [4.69, 9.17) is 21.8 Å². The first-order valence-electron chi connectivity index (χ1n) is 8.87. The third-order valence-electron chi connectivity index (χ3n) is 4.26. The van der Waals surface area contributed by atoms with Crippen molar-refractivity contribution in [2.24, 2.45) is 5.92 Å². The van der Waals surface area contributed by atoms with Crippen molar-refractivity contribution in [3.8, 4) is 17.2 Å². The molecule has 1 saturated carbocycles. The average Bonchev–Trinajstić information content (AvgIpc) is 3.53. The summed E-state index contributed by atoms with van der Waals surface area (Å²) in [6.07, 6.45) is 6.63. The van der Waals surface area contributed by atoms with E-state index >= 15 is 0 Å². The van der Waals surface area contributed by atoms with Crippen molar-refractivity contribution in [2.75, 3.05) is 18.6 Å². The first-order valence-corrected chi connectivity index (χ1v) is 8.87. The monoisotopic (exact) mass is 437 g/mol. The number of nitrogens with zero attached hydrogens (tertiary/aromatic N) is 3. The number of nitriles is 1. The second kappa shape index (κ2) is 11.6. The maximum Gasteiger partial charge on any atom is 1.00 e. The molecule has 152 valence electrons. The molecule has 1 aromatic carbocycles. The minimum Gasteiger partial charge on any atom is -0.857 e. The molecule has 30 heavy (non-hydrogen) atoms. The molecule has 4 N–H and O–H groups in total. The molecule has 0 saturated heterocycles. The number of hydrogen-bond acceptors (Lipinski definition) is 6. The van der Waals surface area contributed by atoms with Gasteiger partial charge in [0.2, 0.25) is 0 Å². The zero-order valence-corrected chi connectivity index (χ0v) is 20.3. The second-order valence-corrected chi connectivity index (χ2v) is 6.61. The predicted octanol–water partition coefficient (Wildman–Crippen LogP) is 0.473. The van der Waals surface area contributed by atoms with Gasteiger partial charge >= 0.3 is 51.4 Å². The fourth-order valence-corrected chi connectivity index (χ4v) is 2.68. The van der Waals surface area contributed by atoms with E-state index in [9.17, 15) is 8.78 Å². The summed E-state index contributed by atoms with van der Waals surface area (Å²) in [6, 6.07) is 8.52. The number of anilines is 2. The number of benzene rings is 1. The zero-order chi connectivity index (χ0) is 21.6. The van der Waals surface area contributed by atoms with Crippen LogP contribution in [-0.4, -0.2) is 17.1 Å². The van der Waals surface area contributed by atoms with Crippen LogP contribution in [0.1, 0.15) is 25.3 Å². The normalized spacial score (nSPS) is 12.4. The molecule has 0 spiro atoms. The van der Waals surface area contributed by atoms with Crippen LogP contribution in [0.5, 0.6) is 0 Å². The van der Waals surface area contributed by atoms with Crippen molar-refractivity contribution in [2.45, 2.75) is 25.7 Å². The molecule has 4 rings (SSSR count). The molecule has 2 aromatic heterocycles. The maximum atomic E-state index is 13.8. The van der Waals surface area contributed by atoms with Gasteiger partial charge in [0, 0.05) is 53.6 Å². The number of rotatable bonds is 2.